The molecule has 9 heteroatoms. The van der Waals surface area contributed by atoms with Gasteiger partial charge in [0.1, 0.15) is 23.8 Å². The van der Waals surface area contributed by atoms with Crippen molar-refractivity contribution in [2.45, 2.75) is 40.0 Å². The summed E-state index contributed by atoms with van der Waals surface area (Å²) in [6.07, 6.45) is -3.25. The van der Waals surface area contributed by atoms with E-state index < -0.39 is 23.7 Å². The molecule has 3 rings (SSSR count). The lowest BCUT2D eigenvalue weighted by atomic mass is 9.97. The molecule has 0 aliphatic heterocycles. The van der Waals surface area contributed by atoms with Crippen molar-refractivity contribution >= 4 is 22.5 Å². The summed E-state index contributed by atoms with van der Waals surface area (Å²) < 4.78 is 71.3. The first-order chi connectivity index (χ1) is 17.1. The van der Waals surface area contributed by atoms with Crippen LogP contribution in [0.1, 0.15) is 43.2 Å². The van der Waals surface area contributed by atoms with Crippen molar-refractivity contribution in [3.05, 3.63) is 82.4 Å². The molecule has 0 bridgehead atoms. The van der Waals surface area contributed by atoms with Gasteiger partial charge in [0.2, 0.25) is 5.76 Å². The summed E-state index contributed by atoms with van der Waals surface area (Å²) in [4.78, 5) is 11.9. The van der Waals surface area contributed by atoms with E-state index in [2.05, 4.69) is 0 Å². The number of rotatable bonds is 9. The lowest BCUT2D eigenvalue weighted by molar-refractivity contribution is -0.152. The number of halogens is 4. The molecule has 0 spiro atoms. The van der Waals surface area contributed by atoms with Crippen molar-refractivity contribution in [1.29, 1.82) is 0 Å². The standard InChI is InChI=1S/C27H27F4NO4/c1-4-20(25(28)16(3)14-32)21-11-17(10-19-12-23(27(29,30)31)36-26(19)21)15-35-22-9-7-6-8-18(22)13-24(33)34-5-2/h4,6-12H,5,13-15,32H2,1-3H3/b20-4-,25-16-. The molecule has 0 unspecified atom stereocenters. The van der Waals surface area contributed by atoms with Crippen molar-refractivity contribution in [3.63, 3.8) is 0 Å². The molecule has 0 saturated heterocycles. The highest BCUT2D eigenvalue weighted by atomic mass is 19.4. The maximum absolute atomic E-state index is 15.1. The number of carbonyl (C=O) groups excluding carboxylic acids is 1. The fraction of sp³-hybridized carbons (Fsp3) is 0.296. The first-order valence-corrected chi connectivity index (χ1v) is 11.3. The van der Waals surface area contributed by atoms with Gasteiger partial charge in [-0.2, -0.15) is 13.2 Å². The summed E-state index contributed by atoms with van der Waals surface area (Å²) >= 11 is 0. The Morgan fingerprint density at radius 3 is 2.53 bits per heavy atom. The minimum atomic E-state index is -4.71. The Kier molecular flexibility index (Phi) is 8.57. The Hall–Kier alpha value is -3.59. The first-order valence-electron chi connectivity index (χ1n) is 11.3. The molecule has 36 heavy (non-hydrogen) atoms. The number of para-hydroxylation sites is 1. The highest BCUT2D eigenvalue weighted by molar-refractivity contribution is 5.94. The van der Waals surface area contributed by atoms with E-state index in [4.69, 9.17) is 19.6 Å². The molecule has 192 valence electrons. The minimum absolute atomic E-state index is 0.00205. The zero-order valence-corrected chi connectivity index (χ0v) is 20.2. The van der Waals surface area contributed by atoms with Crippen LogP contribution in [0.2, 0.25) is 0 Å². The molecular formula is C27H27F4NO4. The second-order valence-electron chi connectivity index (χ2n) is 8.05. The molecule has 2 aromatic carbocycles. The third-order valence-electron chi connectivity index (χ3n) is 5.46. The number of allylic oxidation sites excluding steroid dienone is 3. The number of fused-ring (bicyclic) bond motifs is 1. The number of hydrogen-bond acceptors (Lipinski definition) is 5. The molecule has 0 radical (unpaired) electrons. The summed E-state index contributed by atoms with van der Waals surface area (Å²) in [6.45, 7) is 4.93. The second kappa shape index (κ2) is 11.4. The van der Waals surface area contributed by atoms with Gasteiger partial charge >= 0.3 is 12.1 Å². The van der Waals surface area contributed by atoms with Gasteiger partial charge in [0.25, 0.3) is 0 Å². The van der Waals surface area contributed by atoms with E-state index in [0.717, 1.165) is 6.07 Å². The van der Waals surface area contributed by atoms with Crippen LogP contribution < -0.4 is 10.5 Å². The Bertz CT molecular complexity index is 1300. The average molecular weight is 506 g/mol. The molecule has 1 aromatic heterocycles. The topological polar surface area (TPSA) is 74.7 Å². The Morgan fingerprint density at radius 2 is 1.89 bits per heavy atom. The van der Waals surface area contributed by atoms with Gasteiger partial charge in [-0.05, 0) is 56.2 Å². The molecule has 0 aliphatic rings. The van der Waals surface area contributed by atoms with Crippen LogP contribution >= 0.6 is 0 Å². The van der Waals surface area contributed by atoms with Gasteiger partial charge in [-0.3, -0.25) is 4.79 Å². The summed E-state index contributed by atoms with van der Waals surface area (Å²) in [6, 6.07) is 10.8. The summed E-state index contributed by atoms with van der Waals surface area (Å²) in [5, 5.41) is 0.149. The number of benzene rings is 2. The van der Waals surface area contributed by atoms with E-state index in [-0.39, 0.29) is 53.9 Å². The molecule has 0 atom stereocenters. The van der Waals surface area contributed by atoms with Gasteiger partial charge in [0.15, 0.2) is 0 Å². The average Bonchev–Trinajstić information content (AvgIpc) is 3.28. The van der Waals surface area contributed by atoms with Gasteiger partial charge in [-0.1, -0.05) is 24.3 Å². The Labute approximate surface area is 206 Å². The zero-order valence-electron chi connectivity index (χ0n) is 20.2. The van der Waals surface area contributed by atoms with Crippen molar-refractivity contribution < 1.29 is 36.2 Å². The van der Waals surface area contributed by atoms with E-state index in [0.29, 0.717) is 16.9 Å². The molecule has 5 nitrogen and oxygen atoms in total. The third kappa shape index (κ3) is 6.15. The molecule has 0 aliphatic carbocycles. The lowest BCUT2D eigenvalue weighted by Crippen LogP contribution is -2.09. The van der Waals surface area contributed by atoms with Crippen LogP contribution in [0.15, 0.2) is 64.4 Å². The smallest absolute Gasteiger partial charge is 0.449 e. The maximum atomic E-state index is 15.1. The number of alkyl halides is 3. The van der Waals surface area contributed by atoms with Gasteiger partial charge in [-0.25, -0.2) is 4.39 Å². The summed E-state index contributed by atoms with van der Waals surface area (Å²) in [7, 11) is 0. The maximum Gasteiger partial charge on any atom is 0.449 e. The van der Waals surface area contributed by atoms with Crippen LogP contribution in [0.3, 0.4) is 0 Å². The van der Waals surface area contributed by atoms with Crippen LogP contribution in [-0.4, -0.2) is 19.1 Å². The van der Waals surface area contributed by atoms with Crippen LogP contribution in [0, 0.1) is 0 Å². The third-order valence-corrected chi connectivity index (χ3v) is 5.46. The van der Waals surface area contributed by atoms with Gasteiger partial charge in [0, 0.05) is 28.6 Å². The van der Waals surface area contributed by atoms with Crippen molar-refractivity contribution in [1.82, 2.24) is 0 Å². The number of hydrogen-bond donors (Lipinski definition) is 1. The number of furan rings is 1. The monoisotopic (exact) mass is 505 g/mol. The van der Waals surface area contributed by atoms with Crippen molar-refractivity contribution in [2.24, 2.45) is 5.73 Å². The van der Waals surface area contributed by atoms with Gasteiger partial charge in [-0.15, -0.1) is 0 Å². The molecule has 0 fully saturated rings. The molecule has 1 heterocycles. The van der Waals surface area contributed by atoms with Gasteiger partial charge < -0.3 is 19.6 Å². The predicted molar refractivity (Wildman–Crippen MR) is 129 cm³/mol. The Balaban J connectivity index is 2.04. The molecule has 3 aromatic rings. The van der Waals surface area contributed by atoms with E-state index in [1.54, 1.807) is 38.1 Å². The number of nitrogens with two attached hydrogens (primary N) is 1. The number of carbonyl (C=O) groups is 1. The summed E-state index contributed by atoms with van der Waals surface area (Å²) in [5.74, 6) is -1.81. The fourth-order valence-electron chi connectivity index (χ4n) is 3.68. The minimum Gasteiger partial charge on any atom is -0.489 e. The second-order valence-corrected chi connectivity index (χ2v) is 8.05. The first kappa shape index (κ1) is 27.0. The quantitative estimate of drug-likeness (QED) is 0.198. The van der Waals surface area contributed by atoms with Crippen molar-refractivity contribution in [2.75, 3.05) is 13.2 Å². The predicted octanol–water partition coefficient (Wildman–Crippen LogP) is 6.74. The van der Waals surface area contributed by atoms with E-state index in [1.807, 2.05) is 0 Å². The highest BCUT2D eigenvalue weighted by Crippen LogP contribution is 2.39. The van der Waals surface area contributed by atoms with Crippen LogP contribution in [0.5, 0.6) is 5.75 Å². The van der Waals surface area contributed by atoms with Crippen LogP contribution in [0.4, 0.5) is 17.6 Å². The number of ether oxygens (including phenoxy) is 2. The number of esters is 1. The zero-order chi connectivity index (χ0) is 26.5. The fourth-order valence-corrected chi connectivity index (χ4v) is 3.68. The van der Waals surface area contributed by atoms with E-state index >= 15 is 4.39 Å². The largest absolute Gasteiger partial charge is 0.489 e. The molecule has 0 amide bonds. The summed E-state index contributed by atoms with van der Waals surface area (Å²) in [5.41, 5.74) is 7.02. The van der Waals surface area contributed by atoms with Crippen molar-refractivity contribution in [3.8, 4) is 5.75 Å². The van der Waals surface area contributed by atoms with Crippen LogP contribution in [-0.2, 0) is 28.7 Å². The highest BCUT2D eigenvalue weighted by Gasteiger charge is 2.36. The van der Waals surface area contributed by atoms with Crippen LogP contribution in [0.25, 0.3) is 16.5 Å². The normalized spacial score (nSPS) is 13.1. The van der Waals surface area contributed by atoms with E-state index in [9.17, 15) is 18.0 Å². The molecular weight excluding hydrogens is 478 g/mol. The Morgan fingerprint density at radius 1 is 1.17 bits per heavy atom. The lowest BCUT2D eigenvalue weighted by Gasteiger charge is -2.14. The SMILES string of the molecule is C/C=C(\C(F)=C(/C)CN)c1cc(COc2ccccc2CC(=O)OCC)cc2cc(C(F)(F)F)oc12. The molecule has 2 N–H and O–H groups in total. The van der Waals surface area contributed by atoms with E-state index in [1.165, 1.54) is 25.1 Å². The molecule has 0 saturated carbocycles. The van der Waals surface area contributed by atoms with Gasteiger partial charge in [0.05, 0.1) is 13.0 Å².